The summed E-state index contributed by atoms with van der Waals surface area (Å²) in [6.45, 7) is 26.4. The lowest BCUT2D eigenvalue weighted by molar-refractivity contribution is -0.146. The third kappa shape index (κ3) is 30.0. The number of hydrogen-bond donors (Lipinski definition) is 4. The van der Waals surface area contributed by atoms with Gasteiger partial charge < -0.3 is 72.2 Å². The third-order valence-electron chi connectivity index (χ3n) is 9.15. The zero-order valence-electron chi connectivity index (χ0n) is 48.1. The molecule has 4 aromatic rings. The van der Waals surface area contributed by atoms with Gasteiger partial charge in [-0.15, -0.1) is 24.0 Å². The van der Waals surface area contributed by atoms with E-state index in [2.05, 4.69) is 29.9 Å². The van der Waals surface area contributed by atoms with Crippen LogP contribution in [0.15, 0.2) is 24.8 Å². The van der Waals surface area contributed by atoms with Gasteiger partial charge in [0.1, 0.15) is 34.0 Å². The highest BCUT2D eigenvalue weighted by atomic mass is 35.5. The second-order valence-electron chi connectivity index (χ2n) is 15.2. The van der Waals surface area contributed by atoms with Crippen molar-refractivity contribution in [2.75, 3.05) is 67.1 Å². The normalized spacial score (nSPS) is 10.9. The monoisotopic (exact) mass is 1150 g/mol. The van der Waals surface area contributed by atoms with Crippen LogP contribution in [0.5, 0.6) is 0 Å². The number of amidine groups is 1. The van der Waals surface area contributed by atoms with Crippen LogP contribution in [0.4, 0.5) is 0 Å². The average Bonchev–Trinajstić information content (AvgIpc) is 4.23. The first-order valence-corrected chi connectivity index (χ1v) is 25.0. The number of rotatable bonds is 29. The number of Topliss-reactive ketones (excluding diaryl/α,β-unsaturated/α-hetero) is 5. The molecular weight excluding hydrogens is 1070 g/mol. The summed E-state index contributed by atoms with van der Waals surface area (Å²) >= 11 is 5.58. The van der Waals surface area contributed by atoms with E-state index in [1.165, 1.54) is 72.0 Å². The fraction of sp³-hybridized carbons (Fsp3) is 0.620. The number of imidazole rings is 4. The number of halogens is 2. The summed E-state index contributed by atoms with van der Waals surface area (Å²) in [6, 6.07) is 0. The molecule has 0 aromatic carbocycles. The van der Waals surface area contributed by atoms with Gasteiger partial charge in [-0.3, -0.25) is 34.2 Å². The second kappa shape index (κ2) is 44.4. The van der Waals surface area contributed by atoms with Gasteiger partial charge in [0, 0.05) is 121 Å². The molecule has 4 rings (SSSR count). The Kier molecular flexibility index (Phi) is 43.7. The number of alkyl halides is 1. The van der Waals surface area contributed by atoms with Crippen molar-refractivity contribution < 1.29 is 76.1 Å². The molecule has 26 nitrogen and oxygen atoms in total. The van der Waals surface area contributed by atoms with Crippen molar-refractivity contribution in [1.29, 1.82) is 5.41 Å². The lowest BCUT2D eigenvalue weighted by atomic mass is 10.3. The van der Waals surface area contributed by atoms with E-state index >= 15 is 0 Å². The van der Waals surface area contributed by atoms with Crippen molar-refractivity contribution in [3.05, 3.63) is 70.9 Å². The number of nitrogens with zero attached hydrogens (tertiary/aromatic N) is 6. The molecule has 1 atom stereocenters. The Balaban J connectivity index is -0.000000872. The zero-order chi connectivity index (χ0) is 59.2. The molecule has 4 aromatic heterocycles. The highest BCUT2D eigenvalue weighted by Gasteiger charge is 2.23. The van der Waals surface area contributed by atoms with E-state index in [4.69, 9.17) is 70.1 Å². The van der Waals surface area contributed by atoms with Crippen molar-refractivity contribution in [3.8, 4) is 0 Å². The van der Waals surface area contributed by atoms with Crippen molar-refractivity contribution in [2.45, 2.75) is 127 Å². The summed E-state index contributed by atoms with van der Waals surface area (Å²) in [5.41, 5.74) is 6.84. The van der Waals surface area contributed by atoms with E-state index < -0.39 is 36.8 Å². The number of ketones is 5. The maximum absolute atomic E-state index is 11.2. The summed E-state index contributed by atoms with van der Waals surface area (Å²) in [5.74, 6) is 1.42. The predicted octanol–water partition coefficient (Wildman–Crippen LogP) is 7.04. The molecule has 1 unspecified atom stereocenters. The maximum Gasteiger partial charge on any atom is 0.217 e. The molecule has 0 aliphatic heterocycles. The molecule has 0 bridgehead atoms. The molecule has 444 valence electrons. The lowest BCUT2D eigenvalue weighted by Gasteiger charge is -2.16. The SMILES string of the molecule is CC(=O)c1cn(C)c(C=O)n1.CCOC(OCC)C(=N)N.CCOC(OCC)c1nc(C(C)=O)cn1C.CCOC(OCC)c1ncc(C(C)=O)[nH]1.CCOC(OCC)c1ncc(C(C)=O)[nH]1.COC(OC)C(Cl)C(C)=O.Cl. The summed E-state index contributed by atoms with van der Waals surface area (Å²) in [7, 11) is 6.36. The first kappa shape index (κ1) is 76.7. The zero-order valence-corrected chi connectivity index (χ0v) is 49.7. The smallest absolute Gasteiger partial charge is 0.217 e. The van der Waals surface area contributed by atoms with Crippen molar-refractivity contribution >= 4 is 65.0 Å². The molecule has 0 amide bonds. The molecule has 5 N–H and O–H groups in total. The lowest BCUT2D eigenvalue weighted by Crippen LogP contribution is -2.33. The van der Waals surface area contributed by atoms with Crippen LogP contribution in [0.1, 0.15) is 179 Å². The Hall–Kier alpha value is -5.49. The third-order valence-corrected chi connectivity index (χ3v) is 9.66. The van der Waals surface area contributed by atoms with Crippen molar-refractivity contribution in [2.24, 2.45) is 19.8 Å². The second-order valence-corrected chi connectivity index (χ2v) is 15.6. The number of H-pyrrole nitrogens is 2. The van der Waals surface area contributed by atoms with Crippen LogP contribution in [0.2, 0.25) is 0 Å². The van der Waals surface area contributed by atoms with Crippen LogP contribution < -0.4 is 5.73 Å². The van der Waals surface area contributed by atoms with E-state index in [-0.39, 0.29) is 53.0 Å². The topological polar surface area (TPSA) is 338 Å². The number of nitrogens with one attached hydrogen (secondary N) is 3. The molecule has 0 saturated carbocycles. The van der Waals surface area contributed by atoms with Crippen LogP contribution in [0.25, 0.3) is 0 Å². The van der Waals surface area contributed by atoms with Gasteiger partial charge in [-0.2, -0.15) is 0 Å². The molecule has 4 heterocycles. The number of aldehydes is 1. The Labute approximate surface area is 468 Å². The van der Waals surface area contributed by atoms with Crippen LogP contribution in [0, 0.1) is 5.41 Å². The minimum atomic E-state index is -0.713. The first-order chi connectivity index (χ1) is 36.5. The van der Waals surface area contributed by atoms with Gasteiger partial charge in [0.25, 0.3) is 0 Å². The molecular formula is C50H84Cl2N10O16. The van der Waals surface area contributed by atoms with Gasteiger partial charge in [-0.05, 0) is 62.3 Å². The molecule has 28 heteroatoms. The Morgan fingerprint density at radius 1 is 0.603 bits per heavy atom. The fourth-order valence-corrected chi connectivity index (χ4v) is 5.68. The number of aromatic amines is 2. The van der Waals surface area contributed by atoms with Gasteiger partial charge in [-0.1, -0.05) is 0 Å². The molecule has 0 radical (unpaired) electrons. The van der Waals surface area contributed by atoms with Crippen molar-refractivity contribution in [1.82, 2.24) is 39.0 Å². The summed E-state index contributed by atoms with van der Waals surface area (Å²) in [6.07, 6.45) is 3.97. The van der Waals surface area contributed by atoms with E-state index in [9.17, 15) is 28.8 Å². The molecule has 78 heavy (non-hydrogen) atoms. The summed E-state index contributed by atoms with van der Waals surface area (Å²) < 4.78 is 54.9. The van der Waals surface area contributed by atoms with Gasteiger partial charge in [0.2, 0.25) is 25.2 Å². The maximum atomic E-state index is 11.2. The number of nitrogens with two attached hydrogens (primary N) is 1. The van der Waals surface area contributed by atoms with Crippen LogP contribution in [-0.2, 0) is 66.3 Å². The number of carbonyl (C=O) groups excluding carboxylic acids is 6. The first-order valence-electron chi connectivity index (χ1n) is 24.6. The fourth-order valence-electron chi connectivity index (χ4n) is 5.47. The van der Waals surface area contributed by atoms with Crippen LogP contribution in [-0.4, -0.2) is 165 Å². The number of ether oxygens (including phenoxy) is 10. The van der Waals surface area contributed by atoms with Crippen LogP contribution in [0.3, 0.4) is 0 Å². The largest absolute Gasteiger partial charge is 0.383 e. The molecule has 0 aliphatic carbocycles. The highest BCUT2D eigenvalue weighted by Crippen LogP contribution is 2.19. The predicted molar refractivity (Wildman–Crippen MR) is 291 cm³/mol. The minimum Gasteiger partial charge on any atom is -0.383 e. The number of carbonyl (C=O) groups is 6. The Morgan fingerprint density at radius 2 is 0.949 bits per heavy atom. The van der Waals surface area contributed by atoms with E-state index in [0.717, 1.165) is 0 Å². The van der Waals surface area contributed by atoms with Gasteiger partial charge in [0.05, 0.1) is 12.4 Å². The Bertz CT molecular complexity index is 2220. The van der Waals surface area contributed by atoms with Gasteiger partial charge in [-0.25, -0.2) is 19.9 Å². The van der Waals surface area contributed by atoms with Crippen molar-refractivity contribution in [3.63, 3.8) is 0 Å². The quantitative estimate of drug-likeness (QED) is 0.0106. The van der Waals surface area contributed by atoms with Crippen LogP contribution >= 0.6 is 24.0 Å². The van der Waals surface area contributed by atoms with E-state index in [1.807, 2.05) is 62.4 Å². The number of aryl methyl sites for hydroxylation is 2. The molecule has 0 fully saturated rings. The average molecular weight is 1150 g/mol. The number of hydrogen-bond acceptors (Lipinski definition) is 21. The summed E-state index contributed by atoms with van der Waals surface area (Å²) in [5, 5.41) is 6.27. The standard InChI is InChI=1S/C11H18N2O3.2C10H16N2O3.C7H8N2O2.C6H11ClO3.C6H14N2O2.ClH/c1-5-15-11(16-6-2)10-12-9(8(3)14)7-13(10)4;2*1-4-14-10(15-5-2)9-11-6-8(12-9)7(3)13;1-5(11)6-3-9(2)7(4-10)8-6;1-4(8)5(7)6(9-2)10-3;1-3-9-6(5(7)8)10-4-2;/h7,11H,5-6H2,1-4H3;2*6,10H,4-5H2,1-3H3,(H,11,12);3-4H,1-2H3;5-6H,1-3H3;6H,3-4H2,1-2H3,(H3,7,8);1H. The van der Waals surface area contributed by atoms with Gasteiger partial charge >= 0.3 is 0 Å². The summed E-state index contributed by atoms with van der Waals surface area (Å²) in [4.78, 5) is 86.7. The number of aromatic nitrogens is 8. The number of methoxy groups -OCH3 is 2. The highest BCUT2D eigenvalue weighted by molar-refractivity contribution is 6.31. The van der Waals surface area contributed by atoms with E-state index in [1.54, 1.807) is 17.8 Å². The van der Waals surface area contributed by atoms with E-state index in [0.29, 0.717) is 99.4 Å². The molecule has 0 spiro atoms. The van der Waals surface area contributed by atoms with Gasteiger partial charge in [0.15, 0.2) is 64.8 Å². The Morgan fingerprint density at radius 3 is 1.18 bits per heavy atom. The molecule has 0 aliphatic rings. The molecule has 0 saturated heterocycles. The minimum absolute atomic E-state index is 0.